The first-order valence-electron chi connectivity index (χ1n) is 9.93. The number of fused-ring (bicyclic) bond motifs is 1. The van der Waals surface area contributed by atoms with E-state index in [9.17, 15) is 14.4 Å². The Bertz CT molecular complexity index is 1200. The Hall–Kier alpha value is -3.29. The topological polar surface area (TPSA) is 87.3 Å². The average Bonchev–Trinajstić information content (AvgIpc) is 2.77. The van der Waals surface area contributed by atoms with Gasteiger partial charge in [0.05, 0.1) is 10.9 Å². The zero-order valence-corrected chi connectivity index (χ0v) is 18.7. The van der Waals surface area contributed by atoms with Gasteiger partial charge in [-0.2, -0.15) is 0 Å². The molecule has 0 aromatic heterocycles. The first kappa shape index (κ1) is 21.9. The van der Waals surface area contributed by atoms with E-state index >= 15 is 0 Å². The fourth-order valence-corrected chi connectivity index (χ4v) is 4.52. The van der Waals surface area contributed by atoms with Crippen molar-refractivity contribution in [2.75, 3.05) is 16.0 Å². The molecule has 0 saturated heterocycles. The molecule has 1 atom stereocenters. The second-order valence-corrected chi connectivity index (χ2v) is 9.02. The molecule has 0 radical (unpaired) electrons. The van der Waals surface area contributed by atoms with Crippen molar-refractivity contribution in [3.8, 4) is 0 Å². The van der Waals surface area contributed by atoms with Gasteiger partial charge in [-0.1, -0.05) is 35.9 Å². The van der Waals surface area contributed by atoms with Crippen molar-refractivity contribution in [2.45, 2.75) is 23.5 Å². The van der Waals surface area contributed by atoms with E-state index < -0.39 is 5.25 Å². The molecule has 0 saturated carbocycles. The van der Waals surface area contributed by atoms with Crippen molar-refractivity contribution in [3.05, 3.63) is 82.9 Å². The van der Waals surface area contributed by atoms with Gasteiger partial charge in [0.2, 0.25) is 11.8 Å². The Morgan fingerprint density at radius 3 is 2.59 bits per heavy atom. The summed E-state index contributed by atoms with van der Waals surface area (Å²) in [7, 11) is 0. The standard InChI is InChI=1S/C24H20ClN3O3S/c1-14-7-9-17(26-23(30)15-5-3-2-4-6-15)12-18(14)27-22(29)13-21-24(31)28-19-11-16(25)8-10-20(19)32-21/h2-12,21H,13H2,1H3,(H,26,30)(H,27,29)(H,28,31). The molecule has 1 aliphatic heterocycles. The SMILES string of the molecule is Cc1ccc(NC(=O)c2ccccc2)cc1NC(=O)CC1Sc2ccc(Cl)cc2NC1=O. The number of benzene rings is 3. The van der Waals surface area contributed by atoms with E-state index in [1.807, 2.05) is 25.1 Å². The van der Waals surface area contributed by atoms with Crippen molar-refractivity contribution in [2.24, 2.45) is 0 Å². The number of nitrogens with one attached hydrogen (secondary N) is 3. The van der Waals surface area contributed by atoms with Crippen LogP contribution in [0.5, 0.6) is 0 Å². The first-order chi connectivity index (χ1) is 15.4. The average molecular weight is 466 g/mol. The number of thioether (sulfide) groups is 1. The summed E-state index contributed by atoms with van der Waals surface area (Å²) < 4.78 is 0. The van der Waals surface area contributed by atoms with Crippen LogP contribution in [0.4, 0.5) is 17.1 Å². The first-order valence-corrected chi connectivity index (χ1v) is 11.2. The minimum absolute atomic E-state index is 0.0125. The molecule has 0 spiro atoms. The Balaban J connectivity index is 1.42. The lowest BCUT2D eigenvalue weighted by atomic mass is 10.1. The molecule has 0 aliphatic carbocycles. The lowest BCUT2D eigenvalue weighted by Crippen LogP contribution is -2.32. The molecule has 162 valence electrons. The fraction of sp³-hybridized carbons (Fsp3) is 0.125. The van der Waals surface area contributed by atoms with E-state index in [4.69, 9.17) is 11.6 Å². The highest BCUT2D eigenvalue weighted by molar-refractivity contribution is 8.01. The van der Waals surface area contributed by atoms with Crippen LogP contribution in [0.3, 0.4) is 0 Å². The molecule has 0 bridgehead atoms. The second kappa shape index (κ2) is 9.46. The van der Waals surface area contributed by atoms with E-state index in [0.717, 1.165) is 10.5 Å². The van der Waals surface area contributed by atoms with Gasteiger partial charge in [-0.3, -0.25) is 14.4 Å². The molecular formula is C24H20ClN3O3S. The highest BCUT2D eigenvalue weighted by atomic mass is 35.5. The molecule has 1 heterocycles. The van der Waals surface area contributed by atoms with Crippen LogP contribution in [0.15, 0.2) is 71.6 Å². The van der Waals surface area contributed by atoms with E-state index in [1.165, 1.54) is 11.8 Å². The maximum atomic E-state index is 12.7. The van der Waals surface area contributed by atoms with Gasteiger partial charge >= 0.3 is 0 Å². The summed E-state index contributed by atoms with van der Waals surface area (Å²) in [5.74, 6) is -0.758. The fourth-order valence-electron chi connectivity index (χ4n) is 3.25. The van der Waals surface area contributed by atoms with Crippen LogP contribution >= 0.6 is 23.4 Å². The van der Waals surface area contributed by atoms with Gasteiger partial charge in [-0.05, 0) is 55.0 Å². The van der Waals surface area contributed by atoms with E-state index in [1.54, 1.807) is 48.5 Å². The van der Waals surface area contributed by atoms with Crippen LogP contribution in [0.2, 0.25) is 5.02 Å². The van der Waals surface area contributed by atoms with Gasteiger partial charge in [0.15, 0.2) is 0 Å². The van der Waals surface area contributed by atoms with Gasteiger partial charge in [-0.25, -0.2) is 0 Å². The summed E-state index contributed by atoms with van der Waals surface area (Å²) in [5.41, 5.74) is 3.18. The molecule has 3 amide bonds. The monoisotopic (exact) mass is 465 g/mol. The maximum absolute atomic E-state index is 12.7. The third-order valence-electron chi connectivity index (χ3n) is 4.94. The third kappa shape index (κ3) is 5.12. The van der Waals surface area contributed by atoms with Crippen LogP contribution in [0, 0.1) is 6.92 Å². The van der Waals surface area contributed by atoms with E-state index in [-0.39, 0.29) is 24.1 Å². The molecule has 32 heavy (non-hydrogen) atoms. The number of hydrogen-bond donors (Lipinski definition) is 3. The Morgan fingerprint density at radius 2 is 1.81 bits per heavy atom. The summed E-state index contributed by atoms with van der Waals surface area (Å²) in [5, 5.41) is 8.49. The molecule has 4 rings (SSSR count). The zero-order valence-electron chi connectivity index (χ0n) is 17.1. The molecule has 3 aromatic rings. The van der Waals surface area contributed by atoms with Gasteiger partial charge in [-0.15, -0.1) is 11.8 Å². The largest absolute Gasteiger partial charge is 0.326 e. The predicted octanol–water partition coefficient (Wildman–Crippen LogP) is 5.34. The van der Waals surface area contributed by atoms with Crippen molar-refractivity contribution in [1.29, 1.82) is 0 Å². The molecule has 3 N–H and O–H groups in total. The van der Waals surface area contributed by atoms with Crippen LogP contribution in [0.25, 0.3) is 0 Å². The minimum Gasteiger partial charge on any atom is -0.326 e. The Kier molecular flexibility index (Phi) is 6.48. The number of carbonyl (C=O) groups is 3. The van der Waals surface area contributed by atoms with Gasteiger partial charge in [0.1, 0.15) is 0 Å². The zero-order chi connectivity index (χ0) is 22.7. The molecular weight excluding hydrogens is 446 g/mol. The Labute approximate surface area is 194 Å². The number of hydrogen-bond acceptors (Lipinski definition) is 4. The molecule has 3 aromatic carbocycles. The molecule has 0 fully saturated rings. The van der Waals surface area contributed by atoms with Gasteiger partial charge < -0.3 is 16.0 Å². The number of halogens is 1. The van der Waals surface area contributed by atoms with Gasteiger partial charge in [0.25, 0.3) is 5.91 Å². The lowest BCUT2D eigenvalue weighted by Gasteiger charge is -2.24. The molecule has 6 nitrogen and oxygen atoms in total. The smallest absolute Gasteiger partial charge is 0.255 e. The summed E-state index contributed by atoms with van der Waals surface area (Å²) in [6.07, 6.45) is 0.0125. The highest BCUT2D eigenvalue weighted by Crippen LogP contribution is 2.38. The highest BCUT2D eigenvalue weighted by Gasteiger charge is 2.29. The predicted molar refractivity (Wildman–Crippen MR) is 129 cm³/mol. The van der Waals surface area contributed by atoms with Crippen molar-refractivity contribution in [3.63, 3.8) is 0 Å². The molecule has 1 aliphatic rings. The van der Waals surface area contributed by atoms with Crippen molar-refractivity contribution >= 4 is 58.1 Å². The number of aryl methyl sites for hydroxylation is 1. The maximum Gasteiger partial charge on any atom is 0.255 e. The third-order valence-corrected chi connectivity index (χ3v) is 6.45. The number of amides is 3. The van der Waals surface area contributed by atoms with E-state index in [2.05, 4.69) is 16.0 Å². The molecule has 1 unspecified atom stereocenters. The summed E-state index contributed by atoms with van der Waals surface area (Å²) in [4.78, 5) is 38.4. The van der Waals surface area contributed by atoms with Crippen molar-refractivity contribution in [1.82, 2.24) is 0 Å². The summed E-state index contributed by atoms with van der Waals surface area (Å²) in [6.45, 7) is 1.86. The number of carbonyl (C=O) groups excluding carboxylic acids is 3. The lowest BCUT2D eigenvalue weighted by molar-refractivity contribution is -0.120. The second-order valence-electron chi connectivity index (χ2n) is 7.34. The summed E-state index contributed by atoms with van der Waals surface area (Å²) in [6, 6.07) is 19.5. The summed E-state index contributed by atoms with van der Waals surface area (Å²) >= 11 is 7.32. The quantitative estimate of drug-likeness (QED) is 0.474. The normalized spacial score (nSPS) is 14.8. The van der Waals surface area contributed by atoms with Crippen LogP contribution in [0.1, 0.15) is 22.3 Å². The van der Waals surface area contributed by atoms with Crippen LogP contribution in [-0.4, -0.2) is 23.0 Å². The van der Waals surface area contributed by atoms with E-state index in [0.29, 0.717) is 27.6 Å². The number of rotatable bonds is 5. The Morgan fingerprint density at radius 1 is 1.03 bits per heavy atom. The minimum atomic E-state index is -0.551. The molecule has 8 heteroatoms. The van der Waals surface area contributed by atoms with Crippen molar-refractivity contribution < 1.29 is 14.4 Å². The number of anilines is 3. The van der Waals surface area contributed by atoms with Crippen LogP contribution < -0.4 is 16.0 Å². The van der Waals surface area contributed by atoms with Gasteiger partial charge in [0, 0.05) is 33.3 Å². The van der Waals surface area contributed by atoms with Crippen LogP contribution in [-0.2, 0) is 9.59 Å².